The number of rotatable bonds is 2. The van der Waals surface area contributed by atoms with Gasteiger partial charge in [-0.3, -0.25) is 0 Å². The zero-order valence-corrected chi connectivity index (χ0v) is 8.38. The molecule has 0 atom stereocenters. The van der Waals surface area contributed by atoms with Gasteiger partial charge >= 0.3 is 0 Å². The summed E-state index contributed by atoms with van der Waals surface area (Å²) in [5, 5.41) is 0. The summed E-state index contributed by atoms with van der Waals surface area (Å²) in [7, 11) is 0. The fourth-order valence-electron chi connectivity index (χ4n) is 2.28. The van der Waals surface area contributed by atoms with Crippen molar-refractivity contribution in [2.75, 3.05) is 13.1 Å². The van der Waals surface area contributed by atoms with E-state index >= 15 is 0 Å². The van der Waals surface area contributed by atoms with Gasteiger partial charge in [-0.1, -0.05) is 6.42 Å². The Kier molecular flexibility index (Phi) is 2.75. The van der Waals surface area contributed by atoms with E-state index in [4.69, 9.17) is 5.73 Å². The SMILES string of the molecule is NC1(C(F)F)CCN(C2CCC2)CC1. The molecule has 0 aromatic carbocycles. The predicted molar refractivity (Wildman–Crippen MR) is 51.4 cm³/mol. The second kappa shape index (κ2) is 3.74. The predicted octanol–water partition coefficient (Wildman–Crippen LogP) is 1.60. The summed E-state index contributed by atoms with van der Waals surface area (Å²) >= 11 is 0. The number of alkyl halides is 2. The third kappa shape index (κ3) is 1.77. The van der Waals surface area contributed by atoms with Crippen LogP contribution in [0.5, 0.6) is 0 Å². The Hall–Kier alpha value is -0.220. The van der Waals surface area contributed by atoms with Crippen LogP contribution in [0.3, 0.4) is 0 Å². The van der Waals surface area contributed by atoms with Gasteiger partial charge in [-0.25, -0.2) is 8.78 Å². The van der Waals surface area contributed by atoms with Crippen LogP contribution in [0.2, 0.25) is 0 Å². The van der Waals surface area contributed by atoms with Crippen LogP contribution in [-0.2, 0) is 0 Å². The average Bonchev–Trinajstić information content (AvgIpc) is 2.06. The van der Waals surface area contributed by atoms with Crippen LogP contribution >= 0.6 is 0 Å². The summed E-state index contributed by atoms with van der Waals surface area (Å²) in [5.74, 6) is 0. The van der Waals surface area contributed by atoms with Crippen molar-refractivity contribution in [1.29, 1.82) is 0 Å². The second-order valence-electron chi connectivity index (χ2n) is 4.65. The van der Waals surface area contributed by atoms with Crippen molar-refractivity contribution in [1.82, 2.24) is 4.90 Å². The third-order valence-corrected chi connectivity index (χ3v) is 3.75. The number of hydrogen-bond donors (Lipinski definition) is 1. The van der Waals surface area contributed by atoms with E-state index < -0.39 is 12.0 Å². The maximum absolute atomic E-state index is 12.6. The molecule has 0 aromatic heterocycles. The van der Waals surface area contributed by atoms with E-state index in [9.17, 15) is 8.78 Å². The summed E-state index contributed by atoms with van der Waals surface area (Å²) in [6, 6.07) is 0.664. The van der Waals surface area contributed by atoms with Gasteiger partial charge < -0.3 is 10.6 Å². The van der Waals surface area contributed by atoms with E-state index in [1.54, 1.807) is 0 Å². The highest BCUT2D eigenvalue weighted by molar-refractivity contribution is 4.95. The Balaban J connectivity index is 1.84. The molecule has 0 aromatic rings. The Labute approximate surface area is 83.4 Å². The summed E-state index contributed by atoms with van der Waals surface area (Å²) in [6.45, 7) is 1.51. The number of nitrogens with two attached hydrogens (primary N) is 1. The van der Waals surface area contributed by atoms with Gasteiger partial charge in [0.05, 0.1) is 5.54 Å². The Morgan fingerprint density at radius 3 is 2.14 bits per heavy atom. The van der Waals surface area contributed by atoms with E-state index in [-0.39, 0.29) is 0 Å². The topological polar surface area (TPSA) is 29.3 Å². The first-order valence-electron chi connectivity index (χ1n) is 5.43. The molecule has 0 radical (unpaired) electrons. The van der Waals surface area contributed by atoms with Gasteiger partial charge in [0.1, 0.15) is 0 Å². The second-order valence-corrected chi connectivity index (χ2v) is 4.65. The average molecular weight is 204 g/mol. The van der Waals surface area contributed by atoms with E-state index in [2.05, 4.69) is 4.90 Å². The van der Waals surface area contributed by atoms with Crippen LogP contribution in [-0.4, -0.2) is 36.0 Å². The van der Waals surface area contributed by atoms with Gasteiger partial charge in [-0.05, 0) is 25.7 Å². The number of likely N-dealkylation sites (tertiary alicyclic amines) is 1. The molecule has 1 heterocycles. The normalized spacial score (nSPS) is 29.1. The molecule has 1 aliphatic heterocycles. The van der Waals surface area contributed by atoms with Gasteiger partial charge in [0.2, 0.25) is 0 Å². The minimum absolute atomic E-state index is 0.446. The van der Waals surface area contributed by atoms with Crippen molar-refractivity contribution in [2.24, 2.45) is 5.73 Å². The fourth-order valence-corrected chi connectivity index (χ4v) is 2.28. The third-order valence-electron chi connectivity index (χ3n) is 3.75. The maximum Gasteiger partial charge on any atom is 0.256 e. The molecule has 1 saturated carbocycles. The molecular weight excluding hydrogens is 186 g/mol. The monoisotopic (exact) mass is 204 g/mol. The number of hydrogen-bond acceptors (Lipinski definition) is 2. The van der Waals surface area contributed by atoms with Crippen LogP contribution in [0, 0.1) is 0 Å². The molecular formula is C10H18F2N2. The Bertz CT molecular complexity index is 196. The quantitative estimate of drug-likeness (QED) is 0.740. The van der Waals surface area contributed by atoms with Crippen molar-refractivity contribution in [3.63, 3.8) is 0 Å². The van der Waals surface area contributed by atoms with E-state index in [1.165, 1.54) is 19.3 Å². The minimum atomic E-state index is -2.37. The molecule has 2 aliphatic rings. The summed E-state index contributed by atoms with van der Waals surface area (Å²) in [4.78, 5) is 2.33. The first kappa shape index (κ1) is 10.3. The Morgan fingerprint density at radius 2 is 1.79 bits per heavy atom. The molecule has 82 valence electrons. The maximum atomic E-state index is 12.6. The molecule has 1 saturated heterocycles. The molecule has 0 amide bonds. The van der Waals surface area contributed by atoms with Crippen LogP contribution in [0.4, 0.5) is 8.78 Å². The minimum Gasteiger partial charge on any atom is -0.320 e. The molecule has 0 bridgehead atoms. The molecule has 2 nitrogen and oxygen atoms in total. The molecule has 1 aliphatic carbocycles. The summed E-state index contributed by atoms with van der Waals surface area (Å²) in [5.41, 5.74) is 4.44. The van der Waals surface area contributed by atoms with Crippen molar-refractivity contribution in [2.45, 2.75) is 50.1 Å². The number of piperidine rings is 1. The molecule has 2 N–H and O–H groups in total. The first-order chi connectivity index (χ1) is 6.62. The highest BCUT2D eigenvalue weighted by Crippen LogP contribution is 2.32. The lowest BCUT2D eigenvalue weighted by Gasteiger charge is -2.44. The zero-order valence-electron chi connectivity index (χ0n) is 8.38. The standard InChI is InChI=1S/C10H18F2N2/c11-9(12)10(13)4-6-14(7-5-10)8-2-1-3-8/h8-9H,1-7,13H2. The lowest BCUT2D eigenvalue weighted by Crippen LogP contribution is -2.57. The van der Waals surface area contributed by atoms with Crippen molar-refractivity contribution >= 4 is 0 Å². The van der Waals surface area contributed by atoms with Crippen molar-refractivity contribution < 1.29 is 8.78 Å². The van der Waals surface area contributed by atoms with Gasteiger partial charge in [0.15, 0.2) is 0 Å². The molecule has 14 heavy (non-hydrogen) atoms. The summed E-state index contributed by atoms with van der Waals surface area (Å²) in [6.07, 6.45) is 2.30. The van der Waals surface area contributed by atoms with Crippen LogP contribution < -0.4 is 5.73 Å². The van der Waals surface area contributed by atoms with Crippen molar-refractivity contribution in [3.8, 4) is 0 Å². The lowest BCUT2D eigenvalue weighted by molar-refractivity contribution is -0.00680. The van der Waals surface area contributed by atoms with Gasteiger partial charge in [0.25, 0.3) is 6.43 Å². The molecule has 0 spiro atoms. The van der Waals surface area contributed by atoms with Crippen LogP contribution in [0.25, 0.3) is 0 Å². The van der Waals surface area contributed by atoms with Gasteiger partial charge in [-0.15, -0.1) is 0 Å². The fraction of sp³-hybridized carbons (Fsp3) is 1.00. The lowest BCUT2D eigenvalue weighted by atomic mass is 9.84. The number of halogens is 2. The number of nitrogens with zero attached hydrogens (tertiary/aromatic N) is 1. The molecule has 2 fully saturated rings. The Morgan fingerprint density at radius 1 is 1.21 bits per heavy atom. The smallest absolute Gasteiger partial charge is 0.256 e. The highest BCUT2D eigenvalue weighted by Gasteiger charge is 2.40. The van der Waals surface area contributed by atoms with Crippen LogP contribution in [0.15, 0.2) is 0 Å². The van der Waals surface area contributed by atoms with Gasteiger partial charge in [0, 0.05) is 19.1 Å². The van der Waals surface area contributed by atoms with Gasteiger partial charge in [-0.2, -0.15) is 0 Å². The van der Waals surface area contributed by atoms with E-state index in [0.717, 1.165) is 13.1 Å². The first-order valence-corrected chi connectivity index (χ1v) is 5.43. The molecule has 0 unspecified atom stereocenters. The molecule has 4 heteroatoms. The largest absolute Gasteiger partial charge is 0.320 e. The zero-order chi connectivity index (χ0) is 10.2. The van der Waals surface area contributed by atoms with Crippen molar-refractivity contribution in [3.05, 3.63) is 0 Å². The van der Waals surface area contributed by atoms with Crippen LogP contribution in [0.1, 0.15) is 32.1 Å². The highest BCUT2D eigenvalue weighted by atomic mass is 19.3. The summed E-state index contributed by atoms with van der Waals surface area (Å²) < 4.78 is 25.2. The van der Waals surface area contributed by atoms with E-state index in [0.29, 0.717) is 18.9 Å². The molecule has 2 rings (SSSR count). The van der Waals surface area contributed by atoms with E-state index in [1.807, 2.05) is 0 Å².